The number of aromatic nitrogens is 1. The lowest BCUT2D eigenvalue weighted by Crippen LogP contribution is -2.22. The van der Waals surface area contributed by atoms with E-state index in [1.165, 1.54) is 18.7 Å². The molecule has 0 aliphatic carbocycles. The van der Waals surface area contributed by atoms with Gasteiger partial charge in [0.1, 0.15) is 12.0 Å². The van der Waals surface area contributed by atoms with Gasteiger partial charge in [-0.15, -0.1) is 0 Å². The van der Waals surface area contributed by atoms with E-state index in [9.17, 15) is 10.1 Å². The number of halogens is 1. The summed E-state index contributed by atoms with van der Waals surface area (Å²) in [5.74, 6) is 1.28. The Morgan fingerprint density at radius 1 is 1.68 bits per heavy atom. The third kappa shape index (κ3) is 3.63. The van der Waals surface area contributed by atoms with Crippen molar-refractivity contribution in [1.29, 1.82) is 0 Å². The van der Waals surface area contributed by atoms with Gasteiger partial charge in [0.2, 0.25) is 0 Å². The Labute approximate surface area is 120 Å². The smallest absolute Gasteiger partial charge is 0.288 e. The van der Waals surface area contributed by atoms with Gasteiger partial charge >= 0.3 is 0 Å². The zero-order chi connectivity index (χ0) is 13.8. The summed E-state index contributed by atoms with van der Waals surface area (Å²) in [5, 5.41) is 13.9. The quantitative estimate of drug-likeness (QED) is 0.664. The highest BCUT2D eigenvalue weighted by atomic mass is 79.9. The minimum absolute atomic E-state index is 0.00421. The number of anilines is 1. The number of hydrogen-bond acceptors (Lipinski definition) is 5. The summed E-state index contributed by atoms with van der Waals surface area (Å²) in [4.78, 5) is 16.7. The molecule has 0 spiro atoms. The Bertz CT molecular complexity index is 469. The molecule has 1 atom stereocenters. The average Bonchev–Trinajstić information content (AvgIpc) is 2.85. The lowest BCUT2D eigenvalue weighted by Gasteiger charge is -2.14. The summed E-state index contributed by atoms with van der Waals surface area (Å²) in [7, 11) is 0. The molecule has 6 nitrogen and oxygen atoms in total. The van der Waals surface area contributed by atoms with Crippen molar-refractivity contribution < 1.29 is 4.92 Å². The van der Waals surface area contributed by atoms with Crippen LogP contribution in [-0.2, 0) is 0 Å². The molecule has 1 unspecified atom stereocenters. The molecule has 0 amide bonds. The van der Waals surface area contributed by atoms with Crippen molar-refractivity contribution in [1.82, 2.24) is 9.88 Å². The fourth-order valence-electron chi connectivity index (χ4n) is 2.27. The first-order valence-corrected chi connectivity index (χ1v) is 7.15. The molecule has 19 heavy (non-hydrogen) atoms. The first kappa shape index (κ1) is 14.2. The Hall–Kier alpha value is -1.21. The predicted molar refractivity (Wildman–Crippen MR) is 77.3 cm³/mol. The largest absolute Gasteiger partial charge is 0.369 e. The molecule has 1 aromatic heterocycles. The summed E-state index contributed by atoms with van der Waals surface area (Å²) in [5.41, 5.74) is -0.00421. The lowest BCUT2D eigenvalue weighted by atomic mass is 10.1. The van der Waals surface area contributed by atoms with Gasteiger partial charge in [-0.05, 0) is 41.4 Å². The van der Waals surface area contributed by atoms with E-state index in [2.05, 4.69) is 38.1 Å². The van der Waals surface area contributed by atoms with Crippen LogP contribution in [0.15, 0.2) is 16.7 Å². The normalized spacial score (nSPS) is 19.6. The molecule has 1 fully saturated rings. The number of nitrogens with zero attached hydrogens (tertiary/aromatic N) is 3. The predicted octanol–water partition coefficient (Wildman–Crippen LogP) is 2.51. The maximum Gasteiger partial charge on any atom is 0.288 e. The highest BCUT2D eigenvalue weighted by Crippen LogP contribution is 2.25. The maximum atomic E-state index is 10.6. The van der Waals surface area contributed by atoms with Crippen LogP contribution < -0.4 is 5.32 Å². The van der Waals surface area contributed by atoms with Crippen molar-refractivity contribution in [2.75, 3.05) is 31.5 Å². The van der Waals surface area contributed by atoms with Crippen molar-refractivity contribution in [2.45, 2.75) is 13.3 Å². The second-order valence-corrected chi connectivity index (χ2v) is 5.56. The van der Waals surface area contributed by atoms with Gasteiger partial charge in [-0.3, -0.25) is 10.1 Å². The highest BCUT2D eigenvalue weighted by Gasteiger charge is 2.21. The summed E-state index contributed by atoms with van der Waals surface area (Å²) < 4.78 is 0.632. The maximum absolute atomic E-state index is 10.6. The van der Waals surface area contributed by atoms with Crippen LogP contribution in [0, 0.1) is 16.0 Å². The minimum atomic E-state index is -0.447. The van der Waals surface area contributed by atoms with Gasteiger partial charge in [-0.1, -0.05) is 6.92 Å². The van der Waals surface area contributed by atoms with E-state index in [0.717, 1.165) is 26.2 Å². The summed E-state index contributed by atoms with van der Waals surface area (Å²) in [6.45, 7) is 6.37. The van der Waals surface area contributed by atoms with Gasteiger partial charge in [-0.2, -0.15) is 0 Å². The fraction of sp³-hybridized carbons (Fsp3) is 0.583. The van der Waals surface area contributed by atoms with Gasteiger partial charge in [0.05, 0.1) is 9.40 Å². The van der Waals surface area contributed by atoms with Gasteiger partial charge in [-0.25, -0.2) is 4.98 Å². The van der Waals surface area contributed by atoms with Gasteiger partial charge in [0.15, 0.2) is 0 Å². The van der Waals surface area contributed by atoms with E-state index in [1.54, 1.807) is 0 Å². The van der Waals surface area contributed by atoms with E-state index in [0.29, 0.717) is 16.2 Å². The van der Waals surface area contributed by atoms with Crippen molar-refractivity contribution >= 4 is 27.4 Å². The molecule has 2 heterocycles. The number of nitro groups is 1. The minimum Gasteiger partial charge on any atom is -0.369 e. The molecule has 1 aromatic rings. The zero-order valence-electron chi connectivity index (χ0n) is 10.8. The van der Waals surface area contributed by atoms with Gasteiger partial charge in [0, 0.05) is 19.2 Å². The second-order valence-electron chi connectivity index (χ2n) is 4.71. The van der Waals surface area contributed by atoms with Crippen LogP contribution in [0.2, 0.25) is 0 Å². The molecule has 1 aliphatic rings. The fourth-order valence-corrected chi connectivity index (χ4v) is 2.74. The van der Waals surface area contributed by atoms with E-state index in [4.69, 9.17) is 0 Å². The van der Waals surface area contributed by atoms with Crippen LogP contribution in [0.3, 0.4) is 0 Å². The average molecular weight is 329 g/mol. The Morgan fingerprint density at radius 3 is 3.05 bits per heavy atom. The molecule has 1 aliphatic heterocycles. The molecule has 0 radical (unpaired) electrons. The van der Waals surface area contributed by atoms with Crippen molar-refractivity contribution in [3.63, 3.8) is 0 Å². The number of hydrogen-bond donors (Lipinski definition) is 1. The molecule has 104 valence electrons. The van der Waals surface area contributed by atoms with Gasteiger partial charge < -0.3 is 10.2 Å². The van der Waals surface area contributed by atoms with Gasteiger partial charge in [0.25, 0.3) is 5.69 Å². The molecule has 0 aromatic carbocycles. The number of rotatable bonds is 5. The molecule has 2 rings (SSSR count). The monoisotopic (exact) mass is 328 g/mol. The van der Waals surface area contributed by atoms with Crippen molar-refractivity contribution in [3.8, 4) is 0 Å². The van der Waals surface area contributed by atoms with E-state index in [-0.39, 0.29) is 5.69 Å². The zero-order valence-corrected chi connectivity index (χ0v) is 12.4. The molecule has 1 N–H and O–H groups in total. The molecular weight excluding hydrogens is 312 g/mol. The summed E-state index contributed by atoms with van der Waals surface area (Å²) >= 11 is 3.31. The van der Waals surface area contributed by atoms with Crippen LogP contribution in [0.5, 0.6) is 0 Å². The SMILES string of the molecule is CCN1CCC(CNc2ncc([N+](=O)[O-])cc2Br)C1. The first-order chi connectivity index (χ1) is 9.10. The van der Waals surface area contributed by atoms with Crippen LogP contribution in [0.1, 0.15) is 13.3 Å². The van der Waals surface area contributed by atoms with Crippen molar-refractivity contribution in [3.05, 3.63) is 26.9 Å². The number of likely N-dealkylation sites (tertiary alicyclic amines) is 1. The standard InChI is InChI=1S/C12H17BrN4O2/c1-2-16-4-3-9(8-16)6-14-12-11(13)5-10(7-15-12)17(18)19/h5,7,9H,2-4,6,8H2,1H3,(H,14,15). The van der Waals surface area contributed by atoms with Crippen LogP contribution in [-0.4, -0.2) is 41.0 Å². The van der Waals surface area contributed by atoms with E-state index in [1.807, 2.05) is 0 Å². The summed E-state index contributed by atoms with van der Waals surface area (Å²) in [6.07, 6.45) is 2.46. The lowest BCUT2D eigenvalue weighted by molar-refractivity contribution is -0.385. The molecule has 0 bridgehead atoms. The highest BCUT2D eigenvalue weighted by molar-refractivity contribution is 9.10. The number of nitrogens with one attached hydrogen (secondary N) is 1. The number of pyridine rings is 1. The molecular formula is C12H17BrN4O2. The van der Waals surface area contributed by atoms with Crippen LogP contribution in [0.4, 0.5) is 11.5 Å². The Kier molecular flexibility index (Phi) is 4.71. The second kappa shape index (κ2) is 6.29. The third-order valence-electron chi connectivity index (χ3n) is 3.41. The van der Waals surface area contributed by atoms with E-state index >= 15 is 0 Å². The third-order valence-corrected chi connectivity index (χ3v) is 4.02. The van der Waals surface area contributed by atoms with Crippen LogP contribution >= 0.6 is 15.9 Å². The first-order valence-electron chi connectivity index (χ1n) is 6.36. The van der Waals surface area contributed by atoms with Crippen molar-refractivity contribution in [2.24, 2.45) is 5.92 Å². The Balaban J connectivity index is 1.91. The topological polar surface area (TPSA) is 71.3 Å². The molecule has 1 saturated heterocycles. The Morgan fingerprint density at radius 2 is 2.47 bits per heavy atom. The van der Waals surface area contributed by atoms with Crippen LogP contribution in [0.25, 0.3) is 0 Å². The molecule has 0 saturated carbocycles. The van der Waals surface area contributed by atoms with E-state index < -0.39 is 4.92 Å². The summed E-state index contributed by atoms with van der Waals surface area (Å²) in [6, 6.07) is 1.47. The molecule has 7 heteroatoms.